The van der Waals surface area contributed by atoms with Gasteiger partial charge in [-0.2, -0.15) is 0 Å². The van der Waals surface area contributed by atoms with E-state index in [2.05, 4.69) is 10.6 Å². The van der Waals surface area contributed by atoms with Crippen LogP contribution in [-0.4, -0.2) is 24.6 Å². The van der Waals surface area contributed by atoms with Gasteiger partial charge in [0.2, 0.25) is 5.91 Å². The van der Waals surface area contributed by atoms with Crippen molar-refractivity contribution in [1.29, 1.82) is 0 Å². The summed E-state index contributed by atoms with van der Waals surface area (Å²) in [7, 11) is 0. The molecule has 1 saturated heterocycles. The lowest BCUT2D eigenvalue weighted by atomic mass is 9.90. The third-order valence-electron chi connectivity index (χ3n) is 3.55. The van der Waals surface area contributed by atoms with E-state index in [9.17, 15) is 4.79 Å². The van der Waals surface area contributed by atoms with Gasteiger partial charge in [0.25, 0.3) is 0 Å². The highest BCUT2D eigenvalue weighted by atomic mass is 16.5. The molecule has 1 aliphatic rings. The van der Waals surface area contributed by atoms with Crippen molar-refractivity contribution in [2.24, 2.45) is 0 Å². The Kier molecular flexibility index (Phi) is 4.43. The molecule has 1 heterocycles. The molecule has 1 aromatic rings. The van der Waals surface area contributed by atoms with Crippen molar-refractivity contribution in [3.05, 3.63) is 24.3 Å². The fraction of sp³-hybridized carbons (Fsp3) is 0.533. The normalized spacial score (nSPS) is 22.8. The first-order valence-corrected chi connectivity index (χ1v) is 6.94. The van der Waals surface area contributed by atoms with Crippen LogP contribution in [0.2, 0.25) is 0 Å². The lowest BCUT2D eigenvalue weighted by molar-refractivity contribution is -0.122. The van der Waals surface area contributed by atoms with Crippen LogP contribution in [0.3, 0.4) is 0 Å². The highest BCUT2D eigenvalue weighted by Crippen LogP contribution is 2.26. The van der Waals surface area contributed by atoms with Crippen LogP contribution in [-0.2, 0) is 4.79 Å². The van der Waals surface area contributed by atoms with Crippen LogP contribution in [0.5, 0.6) is 5.75 Å². The number of anilines is 1. The molecule has 19 heavy (non-hydrogen) atoms. The van der Waals surface area contributed by atoms with E-state index in [4.69, 9.17) is 4.74 Å². The van der Waals surface area contributed by atoms with Crippen LogP contribution < -0.4 is 15.4 Å². The Morgan fingerprint density at radius 2 is 2.21 bits per heavy atom. The molecule has 1 atom stereocenters. The Hall–Kier alpha value is -1.55. The van der Waals surface area contributed by atoms with Crippen molar-refractivity contribution in [2.45, 2.75) is 38.6 Å². The van der Waals surface area contributed by atoms with Gasteiger partial charge < -0.3 is 15.4 Å². The van der Waals surface area contributed by atoms with E-state index in [1.54, 1.807) is 0 Å². The lowest BCUT2D eigenvalue weighted by Gasteiger charge is -2.33. The Morgan fingerprint density at radius 1 is 1.42 bits per heavy atom. The maximum absolute atomic E-state index is 12.4. The summed E-state index contributed by atoms with van der Waals surface area (Å²) in [6.07, 6.45) is 3.10. The maximum atomic E-state index is 12.4. The number of carbonyl (C=O) groups is 1. The molecule has 1 fully saturated rings. The molecule has 4 heteroatoms. The van der Waals surface area contributed by atoms with Crippen LogP contribution in [0.25, 0.3) is 0 Å². The second-order valence-corrected chi connectivity index (χ2v) is 5.10. The van der Waals surface area contributed by atoms with E-state index < -0.39 is 5.54 Å². The molecule has 0 spiro atoms. The molecule has 0 radical (unpaired) electrons. The summed E-state index contributed by atoms with van der Waals surface area (Å²) >= 11 is 0. The summed E-state index contributed by atoms with van der Waals surface area (Å²) in [4.78, 5) is 12.4. The molecule has 2 rings (SSSR count). The second kappa shape index (κ2) is 6.06. The topological polar surface area (TPSA) is 50.4 Å². The Balaban J connectivity index is 2.10. The Labute approximate surface area is 114 Å². The number of piperidine rings is 1. The van der Waals surface area contributed by atoms with Gasteiger partial charge in [-0.25, -0.2) is 0 Å². The van der Waals surface area contributed by atoms with Crippen LogP contribution in [0.1, 0.15) is 33.1 Å². The minimum Gasteiger partial charge on any atom is -0.492 e. The van der Waals surface area contributed by atoms with Crippen molar-refractivity contribution in [3.63, 3.8) is 0 Å². The van der Waals surface area contributed by atoms with Gasteiger partial charge in [0.05, 0.1) is 17.8 Å². The number of ether oxygens (including phenoxy) is 1. The van der Waals surface area contributed by atoms with E-state index in [1.165, 1.54) is 0 Å². The van der Waals surface area contributed by atoms with Gasteiger partial charge in [-0.05, 0) is 51.8 Å². The van der Waals surface area contributed by atoms with Gasteiger partial charge in [0, 0.05) is 0 Å². The SMILES string of the molecule is CCOc1ccccc1NC(=O)C1(C)CCCCN1. The molecule has 1 amide bonds. The molecule has 1 aliphatic heterocycles. The predicted molar refractivity (Wildman–Crippen MR) is 76.5 cm³/mol. The van der Waals surface area contributed by atoms with Crippen LogP contribution in [0.15, 0.2) is 24.3 Å². The molecule has 0 saturated carbocycles. The highest BCUT2D eigenvalue weighted by Gasteiger charge is 2.34. The number of benzene rings is 1. The van der Waals surface area contributed by atoms with Crippen molar-refractivity contribution >= 4 is 11.6 Å². The predicted octanol–water partition coefficient (Wildman–Crippen LogP) is 2.56. The Bertz CT molecular complexity index is 440. The van der Waals surface area contributed by atoms with Crippen molar-refractivity contribution < 1.29 is 9.53 Å². The fourth-order valence-electron chi connectivity index (χ4n) is 2.36. The third kappa shape index (κ3) is 3.26. The van der Waals surface area contributed by atoms with Crippen LogP contribution in [0.4, 0.5) is 5.69 Å². The summed E-state index contributed by atoms with van der Waals surface area (Å²) in [6, 6.07) is 7.54. The molecular weight excluding hydrogens is 240 g/mol. The van der Waals surface area contributed by atoms with E-state index in [1.807, 2.05) is 38.1 Å². The summed E-state index contributed by atoms with van der Waals surface area (Å²) in [5.41, 5.74) is 0.264. The van der Waals surface area contributed by atoms with E-state index >= 15 is 0 Å². The number of hydrogen-bond acceptors (Lipinski definition) is 3. The minimum atomic E-state index is -0.475. The molecule has 0 bridgehead atoms. The smallest absolute Gasteiger partial charge is 0.244 e. The number of nitrogens with one attached hydrogen (secondary N) is 2. The molecule has 0 aliphatic carbocycles. The second-order valence-electron chi connectivity index (χ2n) is 5.10. The van der Waals surface area contributed by atoms with Crippen molar-refractivity contribution in [1.82, 2.24) is 5.32 Å². The van der Waals surface area contributed by atoms with Crippen molar-refractivity contribution in [3.8, 4) is 5.75 Å². The number of para-hydroxylation sites is 2. The fourth-order valence-corrected chi connectivity index (χ4v) is 2.36. The number of hydrogen-bond donors (Lipinski definition) is 2. The maximum Gasteiger partial charge on any atom is 0.244 e. The zero-order valence-corrected chi connectivity index (χ0v) is 11.7. The van der Waals surface area contributed by atoms with E-state index in [0.29, 0.717) is 6.61 Å². The molecule has 2 N–H and O–H groups in total. The molecule has 1 unspecified atom stereocenters. The Morgan fingerprint density at radius 3 is 2.89 bits per heavy atom. The summed E-state index contributed by atoms with van der Waals surface area (Å²) in [5, 5.41) is 6.29. The van der Waals surface area contributed by atoms with Gasteiger partial charge >= 0.3 is 0 Å². The molecule has 0 aromatic heterocycles. The van der Waals surface area contributed by atoms with Crippen LogP contribution in [0, 0.1) is 0 Å². The van der Waals surface area contributed by atoms with Gasteiger partial charge in [-0.3, -0.25) is 4.79 Å². The van der Waals surface area contributed by atoms with Gasteiger partial charge in [0.1, 0.15) is 5.75 Å². The zero-order chi connectivity index (χ0) is 13.7. The van der Waals surface area contributed by atoms with E-state index in [0.717, 1.165) is 37.2 Å². The average molecular weight is 262 g/mol. The summed E-state index contributed by atoms with van der Waals surface area (Å²) < 4.78 is 5.52. The first kappa shape index (κ1) is 13.9. The highest BCUT2D eigenvalue weighted by molar-refractivity contribution is 5.98. The minimum absolute atomic E-state index is 0.0133. The van der Waals surface area contributed by atoms with Gasteiger partial charge in [-0.15, -0.1) is 0 Å². The van der Waals surface area contributed by atoms with Crippen LogP contribution >= 0.6 is 0 Å². The molecule has 4 nitrogen and oxygen atoms in total. The quantitative estimate of drug-likeness (QED) is 0.876. The van der Waals surface area contributed by atoms with E-state index in [-0.39, 0.29) is 5.91 Å². The third-order valence-corrected chi connectivity index (χ3v) is 3.55. The molecule has 104 valence electrons. The lowest BCUT2D eigenvalue weighted by Crippen LogP contribution is -2.54. The average Bonchev–Trinajstić information content (AvgIpc) is 2.42. The number of rotatable bonds is 4. The number of amides is 1. The standard InChI is InChI=1S/C15H22N2O2/c1-3-19-13-9-5-4-8-12(13)17-14(18)15(2)10-6-7-11-16-15/h4-5,8-9,16H,3,6-7,10-11H2,1-2H3,(H,17,18). The van der Waals surface area contributed by atoms with Gasteiger partial charge in [-0.1, -0.05) is 12.1 Å². The first-order chi connectivity index (χ1) is 9.15. The molecule has 1 aromatic carbocycles. The molecular formula is C15H22N2O2. The largest absolute Gasteiger partial charge is 0.492 e. The number of carbonyl (C=O) groups excluding carboxylic acids is 1. The monoisotopic (exact) mass is 262 g/mol. The zero-order valence-electron chi connectivity index (χ0n) is 11.7. The first-order valence-electron chi connectivity index (χ1n) is 6.94. The van der Waals surface area contributed by atoms with Crippen molar-refractivity contribution in [2.75, 3.05) is 18.5 Å². The summed E-state index contributed by atoms with van der Waals surface area (Å²) in [6.45, 7) is 5.38. The summed E-state index contributed by atoms with van der Waals surface area (Å²) in [5.74, 6) is 0.733. The van der Waals surface area contributed by atoms with Gasteiger partial charge in [0.15, 0.2) is 0 Å².